The molecule has 0 aliphatic carbocycles. The Morgan fingerprint density at radius 2 is 1.70 bits per heavy atom. The highest BCUT2D eigenvalue weighted by molar-refractivity contribution is 5.99. The van der Waals surface area contributed by atoms with Gasteiger partial charge >= 0.3 is 0 Å². The van der Waals surface area contributed by atoms with Crippen molar-refractivity contribution in [2.75, 3.05) is 0 Å². The van der Waals surface area contributed by atoms with Gasteiger partial charge in [0.2, 0.25) is 0 Å². The molecule has 20 heavy (non-hydrogen) atoms. The van der Waals surface area contributed by atoms with Crippen molar-refractivity contribution in [2.24, 2.45) is 10.7 Å². The van der Waals surface area contributed by atoms with E-state index in [-0.39, 0.29) is 0 Å². The highest BCUT2D eigenvalue weighted by Crippen LogP contribution is 2.30. The van der Waals surface area contributed by atoms with Gasteiger partial charge in [-0.05, 0) is 38.0 Å². The molecule has 2 aromatic carbocycles. The smallest absolute Gasteiger partial charge is 0.126 e. The van der Waals surface area contributed by atoms with Crippen LogP contribution in [-0.4, -0.2) is 5.84 Å². The van der Waals surface area contributed by atoms with Gasteiger partial charge in [0.1, 0.15) is 5.84 Å². The van der Waals surface area contributed by atoms with Crippen molar-refractivity contribution in [3.63, 3.8) is 0 Å². The van der Waals surface area contributed by atoms with Crippen LogP contribution in [0.2, 0.25) is 0 Å². The van der Waals surface area contributed by atoms with Crippen LogP contribution in [0, 0.1) is 6.92 Å². The first-order chi connectivity index (χ1) is 9.61. The number of nitrogens with two attached hydrogens (primary N) is 1. The van der Waals surface area contributed by atoms with Crippen LogP contribution in [0.5, 0.6) is 0 Å². The van der Waals surface area contributed by atoms with Gasteiger partial charge in [0.05, 0.1) is 5.69 Å². The van der Waals surface area contributed by atoms with E-state index in [1.807, 2.05) is 38.1 Å². The summed E-state index contributed by atoms with van der Waals surface area (Å²) in [6.45, 7) is 6.01. The first-order valence-electron chi connectivity index (χ1n) is 6.75. The Labute approximate surface area is 120 Å². The number of hydrogen-bond acceptors (Lipinski definition) is 1. The second-order valence-electron chi connectivity index (χ2n) is 4.85. The molecule has 0 radical (unpaired) electrons. The molecule has 0 unspecified atom stereocenters. The second kappa shape index (κ2) is 6.20. The summed E-state index contributed by atoms with van der Waals surface area (Å²) in [5, 5.41) is 0. The third-order valence-electron chi connectivity index (χ3n) is 3.34. The molecule has 0 bridgehead atoms. The van der Waals surface area contributed by atoms with Gasteiger partial charge in [-0.15, -0.1) is 0 Å². The molecule has 0 saturated heterocycles. The Hall–Kier alpha value is -2.35. The summed E-state index contributed by atoms with van der Waals surface area (Å²) in [7, 11) is 0. The SMILES string of the molecule is C/C=C(\C)C(N)=Nc1ccccc1-c1ccc(C)cc1. The van der Waals surface area contributed by atoms with E-state index in [2.05, 4.69) is 42.2 Å². The first kappa shape index (κ1) is 14.1. The van der Waals surface area contributed by atoms with E-state index in [1.54, 1.807) is 0 Å². The number of aliphatic imine (C=N–C) groups is 1. The van der Waals surface area contributed by atoms with E-state index in [9.17, 15) is 0 Å². The zero-order valence-electron chi connectivity index (χ0n) is 12.2. The lowest BCUT2D eigenvalue weighted by Crippen LogP contribution is -2.12. The summed E-state index contributed by atoms with van der Waals surface area (Å²) < 4.78 is 0. The van der Waals surface area contributed by atoms with Gasteiger partial charge in [0.15, 0.2) is 0 Å². The molecule has 0 saturated carbocycles. The van der Waals surface area contributed by atoms with Gasteiger partial charge < -0.3 is 5.73 Å². The Balaban J connectivity index is 2.49. The number of para-hydroxylation sites is 1. The third kappa shape index (κ3) is 3.15. The van der Waals surface area contributed by atoms with E-state index in [0.717, 1.165) is 22.4 Å². The van der Waals surface area contributed by atoms with E-state index in [1.165, 1.54) is 5.56 Å². The number of amidine groups is 1. The minimum absolute atomic E-state index is 0.562. The van der Waals surface area contributed by atoms with Gasteiger partial charge in [-0.25, -0.2) is 4.99 Å². The van der Waals surface area contributed by atoms with Crippen molar-refractivity contribution in [3.05, 3.63) is 65.7 Å². The maximum absolute atomic E-state index is 6.01. The molecule has 0 spiro atoms. The predicted octanol–water partition coefficient (Wildman–Crippen LogP) is 4.62. The van der Waals surface area contributed by atoms with Crippen LogP contribution in [0.1, 0.15) is 19.4 Å². The molecule has 2 rings (SSSR count). The first-order valence-corrected chi connectivity index (χ1v) is 6.75. The summed E-state index contributed by atoms with van der Waals surface area (Å²) in [5.74, 6) is 0.562. The molecule has 0 aliphatic rings. The van der Waals surface area contributed by atoms with Gasteiger partial charge in [0, 0.05) is 5.56 Å². The van der Waals surface area contributed by atoms with Gasteiger partial charge in [-0.3, -0.25) is 0 Å². The molecule has 0 heterocycles. The van der Waals surface area contributed by atoms with Crippen LogP contribution in [-0.2, 0) is 0 Å². The van der Waals surface area contributed by atoms with Gasteiger partial charge in [-0.2, -0.15) is 0 Å². The number of nitrogens with zero attached hydrogens (tertiary/aromatic N) is 1. The summed E-state index contributed by atoms with van der Waals surface area (Å²) in [6.07, 6.45) is 1.97. The van der Waals surface area contributed by atoms with Crippen molar-refractivity contribution in [3.8, 4) is 11.1 Å². The summed E-state index contributed by atoms with van der Waals surface area (Å²) in [5.41, 5.74) is 11.4. The van der Waals surface area contributed by atoms with Crippen LogP contribution >= 0.6 is 0 Å². The Morgan fingerprint density at radius 3 is 2.35 bits per heavy atom. The van der Waals surface area contributed by atoms with E-state index < -0.39 is 0 Å². The molecule has 2 nitrogen and oxygen atoms in total. The van der Waals surface area contributed by atoms with Crippen molar-refractivity contribution in [2.45, 2.75) is 20.8 Å². The molecule has 2 heteroatoms. The number of allylic oxidation sites excluding steroid dienone is 1. The summed E-state index contributed by atoms with van der Waals surface area (Å²) in [4.78, 5) is 4.55. The van der Waals surface area contributed by atoms with Crippen LogP contribution in [0.4, 0.5) is 5.69 Å². The van der Waals surface area contributed by atoms with Crippen molar-refractivity contribution in [1.29, 1.82) is 0 Å². The van der Waals surface area contributed by atoms with Crippen LogP contribution in [0.25, 0.3) is 11.1 Å². The Morgan fingerprint density at radius 1 is 1.05 bits per heavy atom. The van der Waals surface area contributed by atoms with Crippen LogP contribution < -0.4 is 5.73 Å². The standard InChI is InChI=1S/C18H20N2/c1-4-14(3)18(19)20-17-8-6-5-7-16(17)15-11-9-13(2)10-12-15/h4-12H,1-3H3,(H2,19,20)/b14-4+. The number of rotatable bonds is 3. The van der Waals surface area contributed by atoms with Gasteiger partial charge in [0.25, 0.3) is 0 Å². The van der Waals surface area contributed by atoms with E-state index in [0.29, 0.717) is 5.84 Å². The van der Waals surface area contributed by atoms with Crippen LogP contribution in [0.3, 0.4) is 0 Å². The Kier molecular flexibility index (Phi) is 4.36. The minimum atomic E-state index is 0.562. The largest absolute Gasteiger partial charge is 0.383 e. The summed E-state index contributed by atoms with van der Waals surface area (Å²) in [6, 6.07) is 16.5. The normalized spacial score (nSPS) is 12.6. The molecule has 0 atom stereocenters. The predicted molar refractivity (Wildman–Crippen MR) is 87.3 cm³/mol. The van der Waals surface area contributed by atoms with Gasteiger partial charge in [-0.1, -0.05) is 54.1 Å². The number of hydrogen-bond donors (Lipinski definition) is 1. The maximum Gasteiger partial charge on any atom is 0.126 e. The molecule has 0 amide bonds. The zero-order valence-corrected chi connectivity index (χ0v) is 12.2. The average Bonchev–Trinajstić information content (AvgIpc) is 2.48. The minimum Gasteiger partial charge on any atom is -0.383 e. The molecular formula is C18H20N2. The lowest BCUT2D eigenvalue weighted by molar-refractivity contribution is 1.40. The van der Waals surface area contributed by atoms with E-state index in [4.69, 9.17) is 5.73 Å². The Bertz CT molecular complexity index is 649. The van der Waals surface area contributed by atoms with Crippen molar-refractivity contribution < 1.29 is 0 Å². The molecule has 2 N–H and O–H groups in total. The molecular weight excluding hydrogens is 244 g/mol. The maximum atomic E-state index is 6.01. The molecule has 2 aromatic rings. The summed E-state index contributed by atoms with van der Waals surface area (Å²) >= 11 is 0. The monoisotopic (exact) mass is 264 g/mol. The van der Waals surface area contributed by atoms with E-state index >= 15 is 0 Å². The second-order valence-corrected chi connectivity index (χ2v) is 4.85. The number of aryl methyl sites for hydroxylation is 1. The fourth-order valence-corrected chi connectivity index (χ4v) is 1.91. The topological polar surface area (TPSA) is 38.4 Å². The third-order valence-corrected chi connectivity index (χ3v) is 3.34. The molecule has 102 valence electrons. The van der Waals surface area contributed by atoms with Crippen molar-refractivity contribution in [1.82, 2.24) is 0 Å². The van der Waals surface area contributed by atoms with Crippen LogP contribution in [0.15, 0.2) is 65.2 Å². The highest BCUT2D eigenvalue weighted by Gasteiger charge is 2.04. The highest BCUT2D eigenvalue weighted by atomic mass is 14.9. The molecule has 0 aromatic heterocycles. The fraction of sp³-hybridized carbons (Fsp3) is 0.167. The lowest BCUT2D eigenvalue weighted by atomic mass is 10.0. The quantitative estimate of drug-likeness (QED) is 0.637. The lowest BCUT2D eigenvalue weighted by Gasteiger charge is -2.08. The average molecular weight is 264 g/mol. The van der Waals surface area contributed by atoms with Crippen molar-refractivity contribution >= 4 is 11.5 Å². The zero-order chi connectivity index (χ0) is 14.5. The molecule has 0 fully saturated rings. The fourth-order valence-electron chi connectivity index (χ4n) is 1.91. The number of benzene rings is 2. The molecule has 0 aliphatic heterocycles.